The Morgan fingerprint density at radius 1 is 1.53 bits per heavy atom. The summed E-state index contributed by atoms with van der Waals surface area (Å²) < 4.78 is 27.8. The SMILES string of the molecule is Cc1nn(C)c(C)c1S(=O)(=O)NCCN=[N+]=[N-]. The maximum atomic E-state index is 12.0. The molecule has 0 fully saturated rings. The van der Waals surface area contributed by atoms with Crippen LogP contribution in [0.4, 0.5) is 0 Å². The van der Waals surface area contributed by atoms with Gasteiger partial charge < -0.3 is 0 Å². The third kappa shape index (κ3) is 2.96. The van der Waals surface area contributed by atoms with Crippen LogP contribution in [-0.2, 0) is 17.1 Å². The molecule has 0 unspecified atom stereocenters. The molecule has 0 radical (unpaired) electrons. The van der Waals surface area contributed by atoms with Crippen molar-refractivity contribution in [2.45, 2.75) is 18.7 Å². The highest BCUT2D eigenvalue weighted by atomic mass is 32.2. The summed E-state index contributed by atoms with van der Waals surface area (Å²) >= 11 is 0. The van der Waals surface area contributed by atoms with E-state index in [0.717, 1.165) is 0 Å². The second-order valence-corrected chi connectivity index (χ2v) is 5.18. The number of aryl methyl sites for hydroxylation is 2. The molecule has 0 aliphatic heterocycles. The summed E-state index contributed by atoms with van der Waals surface area (Å²) in [6.07, 6.45) is 0. The highest BCUT2D eigenvalue weighted by Gasteiger charge is 2.22. The zero-order chi connectivity index (χ0) is 13.1. The average molecular weight is 258 g/mol. The van der Waals surface area contributed by atoms with Gasteiger partial charge in [0.1, 0.15) is 4.90 Å². The minimum Gasteiger partial charge on any atom is -0.271 e. The van der Waals surface area contributed by atoms with E-state index >= 15 is 0 Å². The van der Waals surface area contributed by atoms with Gasteiger partial charge in [0.05, 0.1) is 11.4 Å². The average Bonchev–Trinajstić information content (AvgIpc) is 2.48. The van der Waals surface area contributed by atoms with Crippen LogP contribution in [0.5, 0.6) is 0 Å². The Morgan fingerprint density at radius 3 is 2.65 bits per heavy atom. The molecular weight excluding hydrogens is 244 g/mol. The Bertz CT molecular complexity index is 555. The molecule has 8 nitrogen and oxygen atoms in total. The van der Waals surface area contributed by atoms with Crippen LogP contribution in [0.1, 0.15) is 11.4 Å². The minimum atomic E-state index is -3.60. The number of rotatable bonds is 5. The van der Waals surface area contributed by atoms with E-state index in [0.29, 0.717) is 11.4 Å². The summed E-state index contributed by atoms with van der Waals surface area (Å²) in [5.74, 6) is 0. The molecule has 0 aliphatic carbocycles. The molecule has 94 valence electrons. The van der Waals surface area contributed by atoms with E-state index in [1.807, 2.05) is 0 Å². The van der Waals surface area contributed by atoms with E-state index in [9.17, 15) is 8.42 Å². The van der Waals surface area contributed by atoms with Crippen LogP contribution in [0.15, 0.2) is 10.0 Å². The number of sulfonamides is 1. The lowest BCUT2D eigenvalue weighted by Gasteiger charge is -2.05. The summed E-state index contributed by atoms with van der Waals surface area (Å²) in [6.45, 7) is 3.46. The molecule has 0 amide bonds. The van der Waals surface area contributed by atoms with Gasteiger partial charge in [-0.1, -0.05) is 5.11 Å². The zero-order valence-electron chi connectivity index (χ0n) is 9.88. The minimum absolute atomic E-state index is 0.0696. The van der Waals surface area contributed by atoms with Gasteiger partial charge in [0.15, 0.2) is 0 Å². The van der Waals surface area contributed by atoms with E-state index in [2.05, 4.69) is 19.8 Å². The van der Waals surface area contributed by atoms with Gasteiger partial charge in [0.25, 0.3) is 0 Å². The highest BCUT2D eigenvalue weighted by Crippen LogP contribution is 2.17. The van der Waals surface area contributed by atoms with Crippen molar-refractivity contribution in [3.8, 4) is 0 Å². The summed E-state index contributed by atoms with van der Waals surface area (Å²) in [6, 6.07) is 0. The molecule has 1 aromatic rings. The van der Waals surface area contributed by atoms with Crippen molar-refractivity contribution in [1.29, 1.82) is 0 Å². The lowest BCUT2D eigenvalue weighted by atomic mass is 10.4. The van der Waals surface area contributed by atoms with Crippen LogP contribution in [-0.4, -0.2) is 31.3 Å². The fourth-order valence-corrected chi connectivity index (χ4v) is 2.95. The van der Waals surface area contributed by atoms with Crippen molar-refractivity contribution in [3.05, 3.63) is 21.8 Å². The predicted octanol–water partition coefficient (Wildman–Crippen LogP) is 0.626. The monoisotopic (exact) mass is 258 g/mol. The van der Waals surface area contributed by atoms with E-state index < -0.39 is 10.0 Å². The Labute approximate surface area is 99.3 Å². The largest absolute Gasteiger partial charge is 0.271 e. The van der Waals surface area contributed by atoms with E-state index in [1.165, 1.54) is 4.68 Å². The summed E-state index contributed by atoms with van der Waals surface area (Å²) in [5.41, 5.74) is 9.09. The van der Waals surface area contributed by atoms with Crippen molar-refractivity contribution in [1.82, 2.24) is 14.5 Å². The van der Waals surface area contributed by atoms with E-state index in [1.54, 1.807) is 20.9 Å². The summed E-state index contributed by atoms with van der Waals surface area (Å²) in [4.78, 5) is 2.72. The van der Waals surface area contributed by atoms with Gasteiger partial charge >= 0.3 is 0 Å². The van der Waals surface area contributed by atoms with Crippen molar-refractivity contribution >= 4 is 10.0 Å². The van der Waals surface area contributed by atoms with Crippen molar-refractivity contribution in [2.75, 3.05) is 13.1 Å². The third-order valence-corrected chi connectivity index (χ3v) is 3.99. The molecule has 0 atom stereocenters. The fourth-order valence-electron chi connectivity index (χ4n) is 1.49. The molecule has 1 heterocycles. The molecule has 0 aliphatic rings. The van der Waals surface area contributed by atoms with Gasteiger partial charge in [-0.05, 0) is 19.4 Å². The molecule has 1 aromatic heterocycles. The maximum absolute atomic E-state index is 12.0. The predicted molar refractivity (Wildman–Crippen MR) is 61.9 cm³/mol. The van der Waals surface area contributed by atoms with Crippen LogP contribution in [0.3, 0.4) is 0 Å². The molecule has 9 heteroatoms. The summed E-state index contributed by atoms with van der Waals surface area (Å²) in [7, 11) is -1.92. The second-order valence-electron chi connectivity index (χ2n) is 3.48. The first-order chi connectivity index (χ1) is 7.90. The lowest BCUT2D eigenvalue weighted by Crippen LogP contribution is -2.27. The third-order valence-electron chi connectivity index (χ3n) is 2.28. The number of nitrogens with one attached hydrogen (secondary N) is 1. The van der Waals surface area contributed by atoms with Crippen molar-refractivity contribution in [3.63, 3.8) is 0 Å². The molecule has 17 heavy (non-hydrogen) atoms. The van der Waals surface area contributed by atoms with Crippen molar-refractivity contribution < 1.29 is 8.42 Å². The first-order valence-electron chi connectivity index (χ1n) is 4.91. The maximum Gasteiger partial charge on any atom is 0.244 e. The number of hydrogen-bond acceptors (Lipinski definition) is 4. The first kappa shape index (κ1) is 13.5. The lowest BCUT2D eigenvalue weighted by molar-refractivity contribution is 0.580. The number of nitrogens with zero attached hydrogens (tertiary/aromatic N) is 5. The Kier molecular flexibility index (Phi) is 4.11. The molecule has 0 spiro atoms. The Balaban J connectivity index is 2.93. The van der Waals surface area contributed by atoms with E-state index in [4.69, 9.17) is 5.53 Å². The fraction of sp³-hybridized carbons (Fsp3) is 0.625. The zero-order valence-corrected chi connectivity index (χ0v) is 10.7. The summed E-state index contributed by atoms with van der Waals surface area (Å²) in [5, 5.41) is 7.29. The van der Waals surface area contributed by atoms with E-state index in [-0.39, 0.29) is 18.0 Å². The number of hydrogen-bond donors (Lipinski definition) is 1. The van der Waals surface area contributed by atoms with Crippen molar-refractivity contribution in [2.24, 2.45) is 12.2 Å². The van der Waals surface area contributed by atoms with Crippen LogP contribution >= 0.6 is 0 Å². The molecule has 0 saturated carbocycles. The standard InChI is InChI=1S/C8H14N6O2S/c1-6-8(7(2)14(3)12-6)17(15,16)11-5-4-10-13-9/h11H,4-5H2,1-3H3. The van der Waals surface area contributed by atoms with Crippen LogP contribution in [0.2, 0.25) is 0 Å². The Hall–Kier alpha value is -1.57. The molecule has 1 N–H and O–H groups in total. The van der Waals surface area contributed by atoms with Gasteiger partial charge in [0, 0.05) is 25.0 Å². The molecule has 0 bridgehead atoms. The van der Waals surface area contributed by atoms with Crippen LogP contribution < -0.4 is 4.72 Å². The highest BCUT2D eigenvalue weighted by molar-refractivity contribution is 7.89. The smallest absolute Gasteiger partial charge is 0.244 e. The second kappa shape index (κ2) is 5.17. The van der Waals surface area contributed by atoms with Gasteiger partial charge in [-0.15, -0.1) is 0 Å². The molecular formula is C8H14N6O2S. The topological polar surface area (TPSA) is 113 Å². The number of azide groups is 1. The first-order valence-corrected chi connectivity index (χ1v) is 6.39. The quantitative estimate of drug-likeness (QED) is 0.361. The molecule has 0 aromatic carbocycles. The van der Waals surface area contributed by atoms with Crippen LogP contribution in [0.25, 0.3) is 10.4 Å². The van der Waals surface area contributed by atoms with Crippen LogP contribution in [0, 0.1) is 13.8 Å². The Morgan fingerprint density at radius 2 is 2.18 bits per heavy atom. The number of aromatic nitrogens is 2. The van der Waals surface area contributed by atoms with Gasteiger partial charge in [-0.3, -0.25) is 4.68 Å². The van der Waals surface area contributed by atoms with Gasteiger partial charge in [-0.25, -0.2) is 13.1 Å². The van der Waals surface area contributed by atoms with Gasteiger partial charge in [0.2, 0.25) is 10.0 Å². The normalized spacial score (nSPS) is 11.2. The van der Waals surface area contributed by atoms with Gasteiger partial charge in [-0.2, -0.15) is 5.10 Å². The molecule has 1 rings (SSSR count). The molecule has 0 saturated heterocycles.